The van der Waals surface area contributed by atoms with Crippen molar-refractivity contribution in [1.29, 1.82) is 0 Å². The highest BCUT2D eigenvalue weighted by Crippen LogP contribution is 2.41. The molecule has 1 unspecified atom stereocenters. The van der Waals surface area contributed by atoms with Crippen LogP contribution in [0.2, 0.25) is 0 Å². The number of hydrogen-bond donors (Lipinski definition) is 2. The minimum Gasteiger partial charge on any atom is -0.497 e. The Morgan fingerprint density at radius 2 is 1.51 bits per heavy atom. The van der Waals surface area contributed by atoms with Crippen LogP contribution in [0.5, 0.6) is 11.5 Å². The van der Waals surface area contributed by atoms with Crippen molar-refractivity contribution in [3.8, 4) is 33.9 Å². The highest BCUT2D eigenvalue weighted by molar-refractivity contribution is 6.12. The van der Waals surface area contributed by atoms with Crippen LogP contribution in [0.1, 0.15) is 16.1 Å². The van der Waals surface area contributed by atoms with Crippen LogP contribution >= 0.6 is 0 Å². The van der Waals surface area contributed by atoms with Gasteiger partial charge in [0.1, 0.15) is 11.5 Å². The van der Waals surface area contributed by atoms with Gasteiger partial charge in [0.2, 0.25) is 6.29 Å². The molecule has 5 rings (SSSR count). The van der Waals surface area contributed by atoms with Crippen molar-refractivity contribution in [2.24, 2.45) is 0 Å². The number of rotatable bonds is 8. The molecule has 0 saturated carbocycles. The monoisotopic (exact) mass is 524 g/mol. The van der Waals surface area contributed by atoms with Gasteiger partial charge in [0, 0.05) is 28.6 Å². The maximum Gasteiger partial charge on any atom is 0.333 e. The third-order valence-corrected chi connectivity index (χ3v) is 6.71. The molecule has 3 aromatic carbocycles. The summed E-state index contributed by atoms with van der Waals surface area (Å²) in [6, 6.07) is 24.2. The Balaban J connectivity index is 1.75. The van der Waals surface area contributed by atoms with Gasteiger partial charge in [-0.2, -0.15) is 0 Å². The molecule has 1 aliphatic heterocycles. The van der Waals surface area contributed by atoms with Crippen LogP contribution < -0.4 is 14.8 Å². The zero-order chi connectivity index (χ0) is 27.5. The first kappa shape index (κ1) is 25.8. The van der Waals surface area contributed by atoms with Gasteiger partial charge in [-0.3, -0.25) is 4.79 Å². The number of aromatic nitrogens is 1. The lowest BCUT2D eigenvalue weighted by molar-refractivity contribution is -0.151. The summed E-state index contributed by atoms with van der Waals surface area (Å²) in [6.45, 7) is 1.99. The molecule has 0 saturated heterocycles. The summed E-state index contributed by atoms with van der Waals surface area (Å²) in [5, 5.41) is 13.4. The van der Waals surface area contributed by atoms with Crippen molar-refractivity contribution in [2.75, 3.05) is 19.5 Å². The Bertz CT molecular complexity index is 1540. The predicted octanol–water partition coefficient (Wildman–Crippen LogP) is 5.20. The fourth-order valence-corrected chi connectivity index (χ4v) is 4.76. The van der Waals surface area contributed by atoms with Gasteiger partial charge < -0.3 is 29.2 Å². The quantitative estimate of drug-likeness (QED) is 0.308. The number of ether oxygens (including phenoxy) is 3. The van der Waals surface area contributed by atoms with Gasteiger partial charge in [-0.05, 0) is 66.6 Å². The molecule has 0 fully saturated rings. The average molecular weight is 525 g/mol. The lowest BCUT2D eigenvalue weighted by Gasteiger charge is -2.16. The van der Waals surface area contributed by atoms with Crippen molar-refractivity contribution >= 4 is 17.6 Å². The second-order valence-electron chi connectivity index (χ2n) is 9.06. The standard InChI is InChI=1S/C31H28N2O6/c1-19-27(30(35)32-23-7-5-4-6-8-23)28(20-9-13-24(37-2)14-10-20)29(21-11-15-25(38-3)16-12-21)33(19)18-22-17-26(34)39-31(22)36/h4-17,31,36H,18H2,1-3H3,(H,32,35). The van der Waals surface area contributed by atoms with Crippen LogP contribution in [0, 0.1) is 6.92 Å². The molecular formula is C31H28N2O6. The first-order chi connectivity index (χ1) is 18.9. The highest BCUT2D eigenvalue weighted by Gasteiger charge is 2.30. The number of hydrogen-bond acceptors (Lipinski definition) is 6. The fourth-order valence-electron chi connectivity index (χ4n) is 4.76. The van der Waals surface area contributed by atoms with Crippen LogP contribution in [0.25, 0.3) is 22.4 Å². The van der Waals surface area contributed by atoms with Crippen LogP contribution in [0.15, 0.2) is 90.5 Å². The van der Waals surface area contributed by atoms with E-state index in [9.17, 15) is 14.7 Å². The normalized spacial score (nSPS) is 14.5. The third kappa shape index (κ3) is 5.15. The van der Waals surface area contributed by atoms with E-state index >= 15 is 0 Å². The molecule has 0 radical (unpaired) electrons. The number of cyclic esters (lactones) is 1. The SMILES string of the molecule is COc1ccc(-c2c(C(=O)Nc3ccccc3)c(C)n(CC3=CC(=O)OC3O)c2-c2ccc(OC)cc2)cc1. The number of para-hydroxylation sites is 1. The third-order valence-electron chi connectivity index (χ3n) is 6.71. The Morgan fingerprint density at radius 3 is 2.05 bits per heavy atom. The summed E-state index contributed by atoms with van der Waals surface area (Å²) in [5.41, 5.74) is 5.25. The van der Waals surface area contributed by atoms with E-state index in [1.807, 2.05) is 90.4 Å². The predicted molar refractivity (Wildman–Crippen MR) is 148 cm³/mol. The molecule has 0 aliphatic carbocycles. The lowest BCUT2D eigenvalue weighted by atomic mass is 9.96. The number of methoxy groups -OCH3 is 2. The topological polar surface area (TPSA) is 99.0 Å². The number of aliphatic hydroxyl groups excluding tert-OH is 1. The van der Waals surface area contributed by atoms with Gasteiger partial charge in [-0.15, -0.1) is 0 Å². The summed E-state index contributed by atoms with van der Waals surface area (Å²) in [6.07, 6.45) is -0.0624. The van der Waals surface area contributed by atoms with Crippen LogP contribution in [0.4, 0.5) is 5.69 Å². The van der Waals surface area contributed by atoms with Crippen LogP contribution in [0.3, 0.4) is 0 Å². The number of aliphatic hydroxyl groups is 1. The van der Waals surface area contributed by atoms with Crippen molar-refractivity contribution in [2.45, 2.75) is 19.8 Å². The van der Waals surface area contributed by atoms with Crippen LogP contribution in [-0.2, 0) is 16.1 Å². The minimum absolute atomic E-state index is 0.141. The van der Waals surface area contributed by atoms with Crippen LogP contribution in [-0.4, -0.2) is 42.1 Å². The minimum atomic E-state index is -1.35. The number of carbonyl (C=O) groups excluding carboxylic acids is 2. The largest absolute Gasteiger partial charge is 0.497 e. The highest BCUT2D eigenvalue weighted by atomic mass is 16.6. The maximum absolute atomic E-state index is 13.9. The average Bonchev–Trinajstić information content (AvgIpc) is 3.43. The van der Waals surface area contributed by atoms with Gasteiger partial charge in [0.05, 0.1) is 32.0 Å². The van der Waals surface area contributed by atoms with Crippen molar-refractivity contribution in [3.05, 3.63) is 102 Å². The van der Waals surface area contributed by atoms with E-state index in [2.05, 4.69) is 5.32 Å². The fraction of sp³-hybridized carbons (Fsp3) is 0.161. The molecule has 4 aromatic rings. The molecule has 0 bridgehead atoms. The maximum atomic E-state index is 13.9. The van der Waals surface area contributed by atoms with E-state index in [0.29, 0.717) is 39.6 Å². The summed E-state index contributed by atoms with van der Waals surface area (Å²) in [7, 11) is 3.20. The summed E-state index contributed by atoms with van der Waals surface area (Å²) in [4.78, 5) is 25.8. The summed E-state index contributed by atoms with van der Waals surface area (Å²) >= 11 is 0. The van der Waals surface area contributed by atoms with Crippen molar-refractivity contribution in [1.82, 2.24) is 4.57 Å². The molecule has 8 heteroatoms. The summed E-state index contributed by atoms with van der Waals surface area (Å²) < 4.78 is 17.6. The number of benzene rings is 3. The molecule has 1 aromatic heterocycles. The number of anilines is 1. The second-order valence-corrected chi connectivity index (χ2v) is 9.06. The number of nitrogens with one attached hydrogen (secondary N) is 1. The summed E-state index contributed by atoms with van der Waals surface area (Å²) in [5.74, 6) is 0.484. The molecule has 2 heterocycles. The molecule has 39 heavy (non-hydrogen) atoms. The zero-order valence-corrected chi connectivity index (χ0v) is 21.8. The van der Waals surface area contributed by atoms with Gasteiger partial charge in [0.25, 0.3) is 5.91 Å². The van der Waals surface area contributed by atoms with Gasteiger partial charge >= 0.3 is 5.97 Å². The Kier molecular flexibility index (Phi) is 7.21. The number of nitrogens with zero attached hydrogens (tertiary/aromatic N) is 1. The first-order valence-electron chi connectivity index (χ1n) is 12.4. The second kappa shape index (κ2) is 10.9. The van der Waals surface area contributed by atoms with Gasteiger partial charge in [0.15, 0.2) is 0 Å². The molecule has 1 aliphatic rings. The van der Waals surface area contributed by atoms with Gasteiger partial charge in [-0.1, -0.05) is 30.3 Å². The molecule has 1 atom stereocenters. The van der Waals surface area contributed by atoms with E-state index in [4.69, 9.17) is 14.2 Å². The van der Waals surface area contributed by atoms with E-state index in [0.717, 1.165) is 16.8 Å². The number of amides is 1. The number of carbonyl (C=O) groups is 2. The molecular weight excluding hydrogens is 496 g/mol. The Morgan fingerprint density at radius 1 is 0.923 bits per heavy atom. The van der Waals surface area contributed by atoms with E-state index in [1.54, 1.807) is 14.2 Å². The molecule has 2 N–H and O–H groups in total. The van der Waals surface area contributed by atoms with E-state index in [1.165, 1.54) is 6.08 Å². The van der Waals surface area contributed by atoms with Crippen molar-refractivity contribution in [3.63, 3.8) is 0 Å². The molecule has 1 amide bonds. The smallest absolute Gasteiger partial charge is 0.333 e. The van der Waals surface area contributed by atoms with Gasteiger partial charge in [-0.25, -0.2) is 4.79 Å². The Labute approximate surface area is 226 Å². The Hall–Kier alpha value is -4.82. The number of esters is 1. The van der Waals surface area contributed by atoms with E-state index in [-0.39, 0.29) is 12.5 Å². The molecule has 198 valence electrons. The zero-order valence-electron chi connectivity index (χ0n) is 21.8. The van der Waals surface area contributed by atoms with Crippen molar-refractivity contribution < 1.29 is 28.9 Å². The molecule has 8 nitrogen and oxygen atoms in total. The first-order valence-corrected chi connectivity index (χ1v) is 12.4. The lowest BCUT2D eigenvalue weighted by Crippen LogP contribution is -2.16. The van der Waals surface area contributed by atoms with E-state index < -0.39 is 12.3 Å². The molecule has 0 spiro atoms.